The molecule has 1 N–H and O–H groups in total. The summed E-state index contributed by atoms with van der Waals surface area (Å²) in [5.74, 6) is 0.319. The molecule has 5 nitrogen and oxygen atoms in total. The lowest BCUT2D eigenvalue weighted by atomic mass is 9.39. The third kappa shape index (κ3) is 2.79. The first-order chi connectivity index (χ1) is 13.5. The lowest BCUT2D eigenvalue weighted by molar-refractivity contribution is -0.191. The topological polar surface area (TPSA) is 80.7 Å². The van der Waals surface area contributed by atoms with Crippen molar-refractivity contribution in [3.63, 3.8) is 0 Å². The van der Waals surface area contributed by atoms with Gasteiger partial charge in [0.15, 0.2) is 11.6 Å². The lowest BCUT2D eigenvalue weighted by Crippen LogP contribution is -2.63. The van der Waals surface area contributed by atoms with E-state index in [1.54, 1.807) is 0 Å². The van der Waals surface area contributed by atoms with Crippen molar-refractivity contribution < 1.29 is 24.2 Å². The maximum Gasteiger partial charge on any atom is 0.303 e. The van der Waals surface area contributed by atoms with Crippen molar-refractivity contribution in [1.29, 1.82) is 0 Å². The fraction of sp³-hybridized carbons (Fsp3) is 0.792. The number of ether oxygens (including phenoxy) is 1. The normalized spacial score (nSPS) is 46.2. The molecule has 0 aromatic carbocycles. The van der Waals surface area contributed by atoms with E-state index in [-0.39, 0.29) is 40.3 Å². The van der Waals surface area contributed by atoms with Crippen LogP contribution in [0.1, 0.15) is 72.6 Å². The molecule has 0 aliphatic heterocycles. The highest BCUT2D eigenvalue weighted by atomic mass is 16.5. The Balaban J connectivity index is 1.66. The van der Waals surface area contributed by atoms with Gasteiger partial charge in [0.2, 0.25) is 0 Å². The predicted molar refractivity (Wildman–Crippen MR) is 108 cm³/mol. The molecule has 0 heterocycles. The number of rotatable bonds is 3. The first-order valence-corrected chi connectivity index (χ1v) is 11.1. The van der Waals surface area contributed by atoms with E-state index in [0.29, 0.717) is 24.7 Å². The van der Waals surface area contributed by atoms with Crippen molar-refractivity contribution in [2.24, 2.45) is 34.0 Å². The highest BCUT2D eigenvalue weighted by Crippen LogP contribution is 2.71. The highest BCUT2D eigenvalue weighted by molar-refractivity contribution is 5.91. The summed E-state index contributed by atoms with van der Waals surface area (Å²) in [5, 5.41) is 11.6. The number of hydrogen-bond acceptors (Lipinski definition) is 5. The van der Waals surface area contributed by atoms with E-state index in [2.05, 4.69) is 20.8 Å². The van der Waals surface area contributed by atoms with Crippen molar-refractivity contribution in [3.05, 3.63) is 11.6 Å². The Labute approximate surface area is 173 Å². The zero-order valence-electron chi connectivity index (χ0n) is 18.1. The lowest BCUT2D eigenvalue weighted by Gasteiger charge is -2.66. The van der Waals surface area contributed by atoms with Crippen LogP contribution in [0.4, 0.5) is 0 Å². The van der Waals surface area contributed by atoms with E-state index in [1.165, 1.54) is 12.5 Å². The molecule has 3 saturated carbocycles. The van der Waals surface area contributed by atoms with Crippen LogP contribution in [-0.2, 0) is 19.1 Å². The molecular formula is C24H34O5. The minimum absolute atomic E-state index is 0.00753. The second-order valence-corrected chi connectivity index (χ2v) is 10.6. The number of aliphatic hydroxyl groups is 1. The second kappa shape index (κ2) is 6.76. The van der Waals surface area contributed by atoms with Gasteiger partial charge in [-0.3, -0.25) is 14.4 Å². The number of allylic oxidation sites excluding steroid dienone is 1. The van der Waals surface area contributed by atoms with Crippen LogP contribution in [0.2, 0.25) is 0 Å². The summed E-state index contributed by atoms with van der Waals surface area (Å²) in [4.78, 5) is 36.1. The van der Waals surface area contributed by atoms with Gasteiger partial charge in [-0.25, -0.2) is 0 Å². The van der Waals surface area contributed by atoms with Gasteiger partial charge in [-0.05, 0) is 67.3 Å². The minimum atomic E-state index is -0.516. The second-order valence-electron chi connectivity index (χ2n) is 10.6. The molecule has 0 aromatic heterocycles. The minimum Gasteiger partial charge on any atom is -0.458 e. The fourth-order valence-electron chi connectivity index (χ4n) is 7.83. The summed E-state index contributed by atoms with van der Waals surface area (Å²) in [6.45, 7) is 7.82. The molecule has 0 radical (unpaired) electrons. The Hall–Kier alpha value is -1.49. The Morgan fingerprint density at radius 2 is 1.86 bits per heavy atom. The van der Waals surface area contributed by atoms with Gasteiger partial charge in [0, 0.05) is 24.7 Å². The van der Waals surface area contributed by atoms with Gasteiger partial charge in [-0.1, -0.05) is 26.3 Å². The number of fused-ring (bicyclic) bond motifs is 5. The molecule has 7 atom stereocenters. The van der Waals surface area contributed by atoms with Crippen LogP contribution in [0.25, 0.3) is 0 Å². The predicted octanol–water partition coefficient (Wildman–Crippen LogP) is 3.63. The summed E-state index contributed by atoms with van der Waals surface area (Å²) >= 11 is 0. The van der Waals surface area contributed by atoms with E-state index in [4.69, 9.17) is 4.74 Å². The molecule has 3 fully saturated rings. The third-order valence-corrected chi connectivity index (χ3v) is 9.63. The van der Waals surface area contributed by atoms with E-state index in [0.717, 1.165) is 32.1 Å². The van der Waals surface area contributed by atoms with Gasteiger partial charge in [-0.2, -0.15) is 0 Å². The number of Topliss-reactive ketones (excluding diaryl/α,β-unsaturated/α-hetero) is 1. The number of ketones is 2. The first kappa shape index (κ1) is 20.8. The van der Waals surface area contributed by atoms with Crippen molar-refractivity contribution in [3.8, 4) is 0 Å². The summed E-state index contributed by atoms with van der Waals surface area (Å²) in [6.07, 6.45) is 6.95. The Morgan fingerprint density at radius 3 is 2.55 bits per heavy atom. The number of carbonyl (C=O) groups is 3. The Bertz CT molecular complexity index is 784. The van der Waals surface area contributed by atoms with Gasteiger partial charge in [-0.15, -0.1) is 0 Å². The van der Waals surface area contributed by atoms with Crippen molar-refractivity contribution >= 4 is 17.5 Å². The molecule has 0 spiro atoms. The molecule has 0 saturated heterocycles. The average Bonchev–Trinajstić information content (AvgIpc) is 2.98. The number of aliphatic hydroxyl groups excluding tert-OH is 1. The standard InChI is InChI=1S/C24H34O5/c1-14(25)29-13-20(27)19-8-7-17-18-6-5-15-11-16(26)9-10-23(15,3)24(18,4)21(28)12-22(17,19)2/h11,17-19,21,28H,5-10,12-13H2,1-4H3/t17-,18-,19+,21?,22-,23-,24+/m0/s1. The van der Waals surface area contributed by atoms with E-state index in [1.807, 2.05) is 6.08 Å². The Kier molecular flexibility index (Phi) is 4.84. The van der Waals surface area contributed by atoms with Gasteiger partial charge in [0.25, 0.3) is 0 Å². The van der Waals surface area contributed by atoms with Crippen LogP contribution < -0.4 is 0 Å². The van der Waals surface area contributed by atoms with Gasteiger partial charge in [0.1, 0.15) is 6.61 Å². The molecule has 0 bridgehead atoms. The monoisotopic (exact) mass is 402 g/mol. The third-order valence-electron chi connectivity index (χ3n) is 9.63. The average molecular weight is 403 g/mol. The van der Waals surface area contributed by atoms with Gasteiger partial charge >= 0.3 is 5.97 Å². The van der Waals surface area contributed by atoms with Crippen LogP contribution in [0.3, 0.4) is 0 Å². The number of carbonyl (C=O) groups excluding carboxylic acids is 3. The summed E-state index contributed by atoms with van der Waals surface area (Å²) in [7, 11) is 0. The summed E-state index contributed by atoms with van der Waals surface area (Å²) < 4.78 is 5.00. The van der Waals surface area contributed by atoms with E-state index >= 15 is 0 Å². The summed E-state index contributed by atoms with van der Waals surface area (Å²) in [6, 6.07) is 0. The zero-order chi connectivity index (χ0) is 21.2. The van der Waals surface area contributed by atoms with E-state index < -0.39 is 12.1 Å². The van der Waals surface area contributed by atoms with Crippen LogP contribution in [0, 0.1) is 34.0 Å². The molecule has 5 heteroatoms. The molecule has 160 valence electrons. The van der Waals surface area contributed by atoms with Crippen molar-refractivity contribution in [1.82, 2.24) is 0 Å². The molecule has 29 heavy (non-hydrogen) atoms. The first-order valence-electron chi connectivity index (χ1n) is 11.1. The molecule has 4 aliphatic carbocycles. The molecule has 1 unspecified atom stereocenters. The quantitative estimate of drug-likeness (QED) is 0.729. The van der Waals surface area contributed by atoms with Crippen molar-refractivity contribution in [2.45, 2.75) is 78.7 Å². The largest absolute Gasteiger partial charge is 0.458 e. The van der Waals surface area contributed by atoms with Crippen LogP contribution in [0.5, 0.6) is 0 Å². The van der Waals surface area contributed by atoms with Crippen LogP contribution in [0.15, 0.2) is 11.6 Å². The summed E-state index contributed by atoms with van der Waals surface area (Å²) in [5.41, 5.74) is 0.513. The highest BCUT2D eigenvalue weighted by Gasteiger charge is 2.68. The molecule has 4 rings (SSSR count). The maximum atomic E-state index is 12.9. The fourth-order valence-corrected chi connectivity index (χ4v) is 7.83. The van der Waals surface area contributed by atoms with Crippen molar-refractivity contribution in [2.75, 3.05) is 6.61 Å². The van der Waals surface area contributed by atoms with Crippen LogP contribution >= 0.6 is 0 Å². The molecule has 4 aliphatic rings. The maximum absolute atomic E-state index is 12.9. The van der Waals surface area contributed by atoms with E-state index in [9.17, 15) is 19.5 Å². The Morgan fingerprint density at radius 1 is 1.14 bits per heavy atom. The van der Waals surface area contributed by atoms with Gasteiger partial charge in [0.05, 0.1) is 6.10 Å². The smallest absolute Gasteiger partial charge is 0.303 e. The van der Waals surface area contributed by atoms with Gasteiger partial charge < -0.3 is 9.84 Å². The number of esters is 1. The molecule has 0 aromatic rings. The van der Waals surface area contributed by atoms with Crippen LogP contribution in [-0.4, -0.2) is 35.4 Å². The zero-order valence-corrected chi connectivity index (χ0v) is 18.1. The molecule has 0 amide bonds. The SMILES string of the molecule is CC(=O)OCC(=O)[C@H]1CC[C@H]2[C@@H]3CCC4=CC(=O)CC[C@]4(C)[C@@]3(C)C(O)C[C@]12C. The molecular weight excluding hydrogens is 368 g/mol. The number of hydrogen-bond donors (Lipinski definition) is 1.